The largest absolute Gasteiger partial charge is 0.414 e. The van der Waals surface area contributed by atoms with Crippen molar-refractivity contribution in [2.24, 2.45) is 28.6 Å². The monoisotopic (exact) mass is 431 g/mol. The fourth-order valence-electron chi connectivity index (χ4n) is 7.10. The lowest BCUT2D eigenvalue weighted by atomic mass is 9.48. The van der Waals surface area contributed by atoms with Gasteiger partial charge >= 0.3 is 6.09 Å². The van der Waals surface area contributed by atoms with Crippen LogP contribution < -0.4 is 0 Å². The zero-order valence-electron chi connectivity index (χ0n) is 20.1. The van der Waals surface area contributed by atoms with Gasteiger partial charge in [-0.15, -0.1) is 0 Å². The molecule has 2 fully saturated rings. The van der Waals surface area contributed by atoms with E-state index in [0.717, 1.165) is 30.9 Å². The molecule has 2 saturated carbocycles. The summed E-state index contributed by atoms with van der Waals surface area (Å²) in [6.45, 7) is 11.8. The van der Waals surface area contributed by atoms with Crippen molar-refractivity contribution in [1.29, 1.82) is 0 Å². The highest BCUT2D eigenvalue weighted by Crippen LogP contribution is 2.65. The van der Waals surface area contributed by atoms with E-state index < -0.39 is 8.32 Å². The Hall–Kier alpha value is -1.07. The van der Waals surface area contributed by atoms with Crippen LogP contribution in [0.2, 0.25) is 19.6 Å². The van der Waals surface area contributed by atoms with Crippen molar-refractivity contribution in [3.63, 3.8) is 0 Å². The molecule has 0 N–H and O–H groups in total. The predicted octanol–water partition coefficient (Wildman–Crippen LogP) is 6.36. The number of hydrogen-bond donors (Lipinski definition) is 0. The summed E-state index contributed by atoms with van der Waals surface area (Å²) in [6, 6.07) is 0. The van der Waals surface area contributed by atoms with Crippen molar-refractivity contribution in [3.8, 4) is 0 Å². The van der Waals surface area contributed by atoms with Crippen LogP contribution in [0.25, 0.3) is 0 Å². The van der Waals surface area contributed by atoms with Gasteiger partial charge in [-0.25, -0.2) is 4.79 Å². The highest BCUT2D eigenvalue weighted by molar-refractivity contribution is 6.69. The molecule has 4 rings (SSSR count). The molecule has 6 atom stereocenters. The van der Waals surface area contributed by atoms with E-state index in [1.54, 1.807) is 19.7 Å². The highest BCUT2D eigenvalue weighted by atomic mass is 28.4. The Morgan fingerprint density at radius 1 is 1.03 bits per heavy atom. The molecule has 0 heterocycles. The fourth-order valence-corrected chi connectivity index (χ4v) is 8.30. The summed E-state index contributed by atoms with van der Waals surface area (Å²) in [5.74, 6) is 2.96. The van der Waals surface area contributed by atoms with Gasteiger partial charge in [0.2, 0.25) is 0 Å². The first-order valence-electron chi connectivity index (χ1n) is 11.9. The lowest BCUT2D eigenvalue weighted by molar-refractivity contribution is -0.0397. The topological polar surface area (TPSA) is 38.8 Å². The molecule has 0 aromatic heterocycles. The SMILES string of the molecule is CN(C)C(=O)OC1=CCC2C3CC=C4C[C@@H](O[Si](C)(C)C)CC[C@]4(C)C3CC[C@]12C. The Balaban J connectivity index is 1.52. The molecule has 1 amide bonds. The van der Waals surface area contributed by atoms with Crippen molar-refractivity contribution < 1.29 is 14.0 Å². The minimum Gasteiger partial charge on any atom is -0.414 e. The zero-order chi connectivity index (χ0) is 21.9. The van der Waals surface area contributed by atoms with E-state index in [2.05, 4.69) is 45.6 Å². The number of hydrogen-bond acceptors (Lipinski definition) is 3. The molecule has 4 aliphatic rings. The van der Waals surface area contributed by atoms with E-state index >= 15 is 0 Å². The lowest BCUT2D eigenvalue weighted by Crippen LogP contribution is -2.50. The molecule has 0 radical (unpaired) electrons. The average Bonchev–Trinajstić information content (AvgIpc) is 2.97. The van der Waals surface area contributed by atoms with Gasteiger partial charge in [-0.1, -0.05) is 25.5 Å². The van der Waals surface area contributed by atoms with Gasteiger partial charge in [0.1, 0.15) is 5.76 Å². The van der Waals surface area contributed by atoms with Crippen LogP contribution in [-0.2, 0) is 9.16 Å². The maximum atomic E-state index is 12.2. The quantitative estimate of drug-likeness (QED) is 0.385. The molecular weight excluding hydrogens is 390 g/mol. The predicted molar refractivity (Wildman–Crippen MR) is 124 cm³/mol. The molecule has 5 heteroatoms. The van der Waals surface area contributed by atoms with E-state index in [9.17, 15) is 4.79 Å². The summed E-state index contributed by atoms with van der Waals surface area (Å²) < 4.78 is 12.3. The van der Waals surface area contributed by atoms with Crippen LogP contribution in [0, 0.1) is 28.6 Å². The molecule has 168 valence electrons. The van der Waals surface area contributed by atoms with Gasteiger partial charge in [-0.2, -0.15) is 0 Å². The zero-order valence-corrected chi connectivity index (χ0v) is 21.1. The number of carbonyl (C=O) groups excluding carboxylic acids is 1. The summed E-state index contributed by atoms with van der Waals surface area (Å²) in [6.07, 6.45) is 13.2. The molecule has 30 heavy (non-hydrogen) atoms. The normalized spacial score (nSPS) is 40.5. The third-order valence-electron chi connectivity index (χ3n) is 8.65. The van der Waals surface area contributed by atoms with Gasteiger partial charge in [0.15, 0.2) is 8.32 Å². The Morgan fingerprint density at radius 2 is 1.73 bits per heavy atom. The average molecular weight is 432 g/mol. The van der Waals surface area contributed by atoms with Crippen molar-refractivity contribution in [1.82, 2.24) is 4.90 Å². The summed E-state index contributed by atoms with van der Waals surface area (Å²) in [7, 11) is 2.01. The van der Waals surface area contributed by atoms with E-state index in [0.29, 0.717) is 23.4 Å². The molecular formula is C25H41NO3Si. The van der Waals surface area contributed by atoms with Crippen molar-refractivity contribution in [2.45, 2.75) is 84.5 Å². The van der Waals surface area contributed by atoms with Gasteiger partial charge in [0.25, 0.3) is 0 Å². The molecule has 4 aliphatic carbocycles. The van der Waals surface area contributed by atoms with Crippen LogP contribution >= 0.6 is 0 Å². The Labute approximate surface area is 184 Å². The molecule has 3 unspecified atom stereocenters. The number of rotatable bonds is 3. The minimum absolute atomic E-state index is 0.00663. The molecule has 4 nitrogen and oxygen atoms in total. The maximum absolute atomic E-state index is 12.2. The van der Waals surface area contributed by atoms with Gasteiger partial charge in [-0.05, 0) is 93.8 Å². The van der Waals surface area contributed by atoms with Gasteiger partial charge in [0, 0.05) is 25.6 Å². The first kappa shape index (κ1) is 22.1. The fraction of sp³-hybridized carbons (Fsp3) is 0.800. The van der Waals surface area contributed by atoms with Crippen molar-refractivity contribution in [2.75, 3.05) is 14.1 Å². The first-order valence-corrected chi connectivity index (χ1v) is 15.3. The van der Waals surface area contributed by atoms with Crippen molar-refractivity contribution in [3.05, 3.63) is 23.5 Å². The maximum Gasteiger partial charge on any atom is 0.414 e. The number of nitrogens with zero attached hydrogens (tertiary/aromatic N) is 1. The third kappa shape index (κ3) is 3.70. The van der Waals surface area contributed by atoms with E-state index in [1.807, 2.05) is 0 Å². The molecule has 0 aliphatic heterocycles. The second-order valence-electron chi connectivity index (χ2n) is 11.9. The van der Waals surface area contributed by atoms with E-state index in [-0.39, 0.29) is 11.5 Å². The second-order valence-corrected chi connectivity index (χ2v) is 16.3. The van der Waals surface area contributed by atoms with Crippen LogP contribution in [0.5, 0.6) is 0 Å². The van der Waals surface area contributed by atoms with Crippen LogP contribution in [-0.4, -0.2) is 39.5 Å². The molecule has 0 aromatic rings. The third-order valence-corrected chi connectivity index (χ3v) is 9.69. The smallest absolute Gasteiger partial charge is 0.414 e. The summed E-state index contributed by atoms with van der Waals surface area (Å²) in [5, 5.41) is 0. The molecule has 0 aromatic carbocycles. The number of carbonyl (C=O) groups is 1. The summed E-state index contributed by atoms with van der Waals surface area (Å²) in [5.41, 5.74) is 2.01. The second kappa shape index (κ2) is 7.51. The summed E-state index contributed by atoms with van der Waals surface area (Å²) in [4.78, 5) is 13.7. The number of allylic oxidation sites excluding steroid dienone is 3. The van der Waals surface area contributed by atoms with Gasteiger partial charge < -0.3 is 14.1 Å². The number of ether oxygens (including phenoxy) is 1. The number of fused-ring (bicyclic) bond motifs is 5. The lowest BCUT2D eigenvalue weighted by Gasteiger charge is -2.57. The Morgan fingerprint density at radius 3 is 2.40 bits per heavy atom. The van der Waals surface area contributed by atoms with Crippen LogP contribution in [0.4, 0.5) is 4.79 Å². The number of amides is 1. The van der Waals surface area contributed by atoms with Crippen LogP contribution in [0.15, 0.2) is 23.5 Å². The molecule has 0 saturated heterocycles. The standard InChI is InChI=1S/C25H41NO3Si/c1-24-14-12-18(29-30(5,6)7)16-17(24)8-9-19-20-10-11-22(28-23(27)26(3)4)25(20,2)15-13-21(19)24/h8,11,18-21H,9-10,12-16H2,1-7H3/t18-,19?,20?,21?,24-,25-/m0/s1. The summed E-state index contributed by atoms with van der Waals surface area (Å²) >= 11 is 0. The molecule has 0 bridgehead atoms. The Kier molecular flexibility index (Phi) is 5.54. The first-order chi connectivity index (χ1) is 13.9. The van der Waals surface area contributed by atoms with Crippen LogP contribution in [0.1, 0.15) is 58.8 Å². The minimum atomic E-state index is -1.50. The molecule has 0 spiro atoms. The highest BCUT2D eigenvalue weighted by Gasteiger charge is 2.57. The van der Waals surface area contributed by atoms with E-state index in [4.69, 9.17) is 9.16 Å². The van der Waals surface area contributed by atoms with Gasteiger partial charge in [0.05, 0.1) is 0 Å². The van der Waals surface area contributed by atoms with Crippen molar-refractivity contribution >= 4 is 14.4 Å². The van der Waals surface area contributed by atoms with Gasteiger partial charge in [-0.3, -0.25) is 0 Å². The van der Waals surface area contributed by atoms with E-state index in [1.165, 1.54) is 30.6 Å². The van der Waals surface area contributed by atoms with Crippen LogP contribution in [0.3, 0.4) is 0 Å². The Bertz CT molecular complexity index is 767.